The third-order valence-corrected chi connectivity index (χ3v) is 5.65. The van der Waals surface area contributed by atoms with Gasteiger partial charge in [-0.2, -0.15) is 4.73 Å². The number of nitrogens with zero attached hydrogens (tertiary/aromatic N) is 2. The minimum atomic E-state index is 0.846. The summed E-state index contributed by atoms with van der Waals surface area (Å²) in [5.74, 6) is 0. The summed E-state index contributed by atoms with van der Waals surface area (Å²) in [6, 6.07) is 25.1. The van der Waals surface area contributed by atoms with Crippen molar-refractivity contribution in [2.24, 2.45) is 7.05 Å². The first-order valence-corrected chi connectivity index (χ1v) is 8.76. The normalized spacial score (nSPS) is 12.2. The van der Waals surface area contributed by atoms with Crippen LogP contribution in [-0.4, -0.2) is 14.5 Å². The van der Waals surface area contributed by atoms with Crippen LogP contribution in [-0.2, 0) is 7.05 Å². The van der Waals surface area contributed by atoms with Crippen LogP contribution in [0.2, 0.25) is 0 Å². The monoisotopic (exact) mass is 336 g/mol. The van der Waals surface area contributed by atoms with Crippen molar-refractivity contribution < 1.29 is 5.21 Å². The Morgan fingerprint density at radius 2 is 1.27 bits per heavy atom. The molecule has 0 unspecified atom stereocenters. The van der Waals surface area contributed by atoms with Crippen LogP contribution in [0.25, 0.3) is 54.4 Å². The van der Waals surface area contributed by atoms with Crippen molar-refractivity contribution >= 4 is 54.4 Å². The number of para-hydroxylation sites is 1. The van der Waals surface area contributed by atoms with Gasteiger partial charge in [0.2, 0.25) is 0 Å². The Hall–Kier alpha value is -3.46. The van der Waals surface area contributed by atoms with Crippen molar-refractivity contribution in [3.05, 3.63) is 72.8 Å². The number of benzene rings is 4. The first-order valence-electron chi connectivity index (χ1n) is 8.76. The van der Waals surface area contributed by atoms with Crippen molar-refractivity contribution in [2.75, 3.05) is 0 Å². The van der Waals surface area contributed by atoms with Crippen LogP contribution in [0.15, 0.2) is 72.8 Å². The number of fused-ring (bicyclic) bond motifs is 8. The van der Waals surface area contributed by atoms with Crippen LogP contribution in [0.4, 0.5) is 0 Å². The summed E-state index contributed by atoms with van der Waals surface area (Å²) in [6.45, 7) is 0. The topological polar surface area (TPSA) is 30.1 Å². The van der Waals surface area contributed by atoms with Crippen LogP contribution in [0.3, 0.4) is 0 Å². The van der Waals surface area contributed by atoms with Crippen molar-refractivity contribution in [2.45, 2.75) is 0 Å². The Labute approximate surface area is 149 Å². The number of hydrogen-bond acceptors (Lipinski definition) is 1. The molecule has 3 nitrogen and oxygen atoms in total. The van der Waals surface area contributed by atoms with Crippen molar-refractivity contribution in [3.8, 4) is 0 Å². The molecular formula is C23H16N2O. The van der Waals surface area contributed by atoms with E-state index in [1.807, 2.05) is 12.1 Å². The molecule has 4 aromatic carbocycles. The largest absolute Gasteiger partial charge is 0.428 e. The average molecular weight is 336 g/mol. The van der Waals surface area contributed by atoms with E-state index in [0.717, 1.165) is 27.2 Å². The average Bonchev–Trinajstić information content (AvgIpc) is 3.13. The molecule has 0 fully saturated rings. The van der Waals surface area contributed by atoms with E-state index in [1.165, 1.54) is 31.9 Å². The highest BCUT2D eigenvalue weighted by atomic mass is 16.5. The molecule has 1 N–H and O–H groups in total. The molecule has 0 bridgehead atoms. The van der Waals surface area contributed by atoms with Crippen molar-refractivity contribution in [3.63, 3.8) is 0 Å². The second-order valence-electron chi connectivity index (χ2n) is 6.96. The molecule has 0 spiro atoms. The lowest BCUT2D eigenvalue weighted by atomic mass is 10.0. The van der Waals surface area contributed by atoms with E-state index in [-0.39, 0.29) is 0 Å². The summed E-state index contributed by atoms with van der Waals surface area (Å²) in [6.07, 6.45) is 0. The predicted octanol–water partition coefficient (Wildman–Crippen LogP) is 5.83. The Morgan fingerprint density at radius 1 is 0.615 bits per heavy atom. The summed E-state index contributed by atoms with van der Waals surface area (Å²) < 4.78 is 3.56. The zero-order chi connectivity index (χ0) is 17.4. The van der Waals surface area contributed by atoms with Crippen LogP contribution in [0, 0.1) is 0 Å². The second-order valence-corrected chi connectivity index (χ2v) is 6.96. The van der Waals surface area contributed by atoms with Crippen molar-refractivity contribution in [1.82, 2.24) is 9.30 Å². The van der Waals surface area contributed by atoms with Gasteiger partial charge < -0.3 is 9.77 Å². The third-order valence-electron chi connectivity index (χ3n) is 5.65. The smallest absolute Gasteiger partial charge is 0.0886 e. The summed E-state index contributed by atoms with van der Waals surface area (Å²) in [5.41, 5.74) is 4.08. The van der Waals surface area contributed by atoms with Gasteiger partial charge in [-0.1, -0.05) is 42.5 Å². The van der Waals surface area contributed by atoms with Gasteiger partial charge in [-0.05, 0) is 41.1 Å². The van der Waals surface area contributed by atoms with E-state index >= 15 is 0 Å². The molecule has 2 aromatic heterocycles. The molecule has 26 heavy (non-hydrogen) atoms. The fourth-order valence-electron chi connectivity index (χ4n) is 4.42. The van der Waals surface area contributed by atoms with Gasteiger partial charge in [0.1, 0.15) is 0 Å². The standard InChI is InChI=1S/C23H16N2O/c1-24-18-9-5-4-8-16(18)22-19(24)10-11-20-23(22)17-12-14-6-2-3-7-15(14)13-21(17)25(20)26/h2-13,26H,1H3. The van der Waals surface area contributed by atoms with E-state index in [0.29, 0.717) is 0 Å². The van der Waals surface area contributed by atoms with Crippen LogP contribution < -0.4 is 0 Å². The molecule has 0 radical (unpaired) electrons. The summed E-state index contributed by atoms with van der Waals surface area (Å²) >= 11 is 0. The zero-order valence-electron chi connectivity index (χ0n) is 14.3. The lowest BCUT2D eigenvalue weighted by Gasteiger charge is -2.00. The lowest BCUT2D eigenvalue weighted by Crippen LogP contribution is -1.89. The maximum absolute atomic E-state index is 10.9. The fourth-order valence-corrected chi connectivity index (χ4v) is 4.42. The lowest BCUT2D eigenvalue weighted by molar-refractivity contribution is 0.213. The van der Waals surface area contributed by atoms with Gasteiger partial charge in [0.05, 0.1) is 11.0 Å². The third kappa shape index (κ3) is 1.53. The Bertz CT molecular complexity index is 1500. The Morgan fingerprint density at radius 3 is 2.12 bits per heavy atom. The highest BCUT2D eigenvalue weighted by molar-refractivity contribution is 6.28. The van der Waals surface area contributed by atoms with E-state index in [9.17, 15) is 5.21 Å². The van der Waals surface area contributed by atoms with Gasteiger partial charge in [0.15, 0.2) is 0 Å². The van der Waals surface area contributed by atoms with Gasteiger partial charge in [0.25, 0.3) is 0 Å². The predicted molar refractivity (Wildman–Crippen MR) is 108 cm³/mol. The molecule has 2 heterocycles. The van der Waals surface area contributed by atoms with Gasteiger partial charge in [0, 0.05) is 39.6 Å². The molecule has 0 atom stereocenters. The molecule has 3 heteroatoms. The molecule has 0 saturated carbocycles. The Balaban J connectivity index is 1.98. The van der Waals surface area contributed by atoms with Gasteiger partial charge in [-0.3, -0.25) is 0 Å². The second kappa shape index (κ2) is 4.58. The van der Waals surface area contributed by atoms with Gasteiger partial charge in [-0.15, -0.1) is 0 Å². The van der Waals surface area contributed by atoms with Crippen LogP contribution in [0.5, 0.6) is 0 Å². The Kier molecular flexibility index (Phi) is 2.43. The van der Waals surface area contributed by atoms with E-state index in [1.54, 1.807) is 0 Å². The van der Waals surface area contributed by atoms with Gasteiger partial charge in [-0.25, -0.2) is 0 Å². The first kappa shape index (κ1) is 13.8. The number of aryl methyl sites for hydroxylation is 1. The quantitative estimate of drug-likeness (QED) is 0.348. The minimum Gasteiger partial charge on any atom is -0.428 e. The molecule has 0 saturated heterocycles. The SMILES string of the molecule is Cn1c2ccccc2c2c3c4cc5ccccc5cc4n(O)c3ccc21. The summed E-state index contributed by atoms with van der Waals surface area (Å²) in [4.78, 5) is 0. The molecular weight excluding hydrogens is 320 g/mol. The number of aromatic nitrogens is 2. The summed E-state index contributed by atoms with van der Waals surface area (Å²) in [5, 5.41) is 17.8. The molecule has 6 rings (SSSR count). The molecule has 0 aliphatic rings. The van der Waals surface area contributed by atoms with E-state index in [2.05, 4.69) is 72.3 Å². The van der Waals surface area contributed by atoms with Gasteiger partial charge >= 0.3 is 0 Å². The van der Waals surface area contributed by atoms with Crippen LogP contribution >= 0.6 is 0 Å². The highest BCUT2D eigenvalue weighted by Crippen LogP contribution is 2.40. The number of rotatable bonds is 0. The van der Waals surface area contributed by atoms with E-state index < -0.39 is 0 Å². The fraction of sp³-hybridized carbons (Fsp3) is 0.0435. The molecule has 124 valence electrons. The molecule has 0 aliphatic heterocycles. The summed E-state index contributed by atoms with van der Waals surface area (Å²) in [7, 11) is 2.10. The van der Waals surface area contributed by atoms with Crippen LogP contribution in [0.1, 0.15) is 0 Å². The highest BCUT2D eigenvalue weighted by Gasteiger charge is 2.18. The van der Waals surface area contributed by atoms with Crippen molar-refractivity contribution in [1.29, 1.82) is 0 Å². The first-order chi connectivity index (χ1) is 12.7. The molecule has 6 aromatic rings. The zero-order valence-corrected chi connectivity index (χ0v) is 14.3. The maximum atomic E-state index is 10.9. The number of hydrogen-bond donors (Lipinski definition) is 1. The molecule has 0 aliphatic carbocycles. The minimum absolute atomic E-state index is 0.846. The molecule has 0 amide bonds. The van der Waals surface area contributed by atoms with E-state index in [4.69, 9.17) is 0 Å². The maximum Gasteiger partial charge on any atom is 0.0886 e.